The van der Waals surface area contributed by atoms with Crippen molar-refractivity contribution < 1.29 is 85.6 Å². The van der Waals surface area contributed by atoms with Gasteiger partial charge < -0.3 is 88.1 Å². The number of benzene rings is 4. The second kappa shape index (κ2) is 44.7. The SMILES string of the molecule is CC[C@@H](C(=O)N1C[C@H](O)C[C@H]1C(=O)N[C@@H](C)c1ccc(-c2cnco2)cc1)c1cc(C)no1.Cc1cc([C@H](C(=O)N2C[C@H](O)C[C@H]2C(=O)NCc2ccc(-c3scnc3C)cc2)C(C)C)sn1.Cc1cc([C@H](C(=O)N2C[C@H](O)C[C@H]2C(=O)N[C@@H](C)c2ccc(-c3cnco3)cc2)C(C)(C)C)on1.Cc1cc([C@H](C(=O)N2C[C@H](O)C[C@H]2C(=O)N[C@@H](C)c2ccc(-c3cnco3)cc2)C(C)C)on1. The molecule has 0 radical (unpaired) electrons. The van der Waals surface area contributed by atoms with Crippen molar-refractivity contribution in [1.29, 1.82) is 0 Å². The smallest absolute Gasteiger partial charge is 0.243 e. The number of oxazole rings is 3. The molecule has 0 unspecified atom stereocenters. The summed E-state index contributed by atoms with van der Waals surface area (Å²) in [6, 6.07) is 34.3. The number of aryl methyl sites for hydroxylation is 5. The van der Waals surface area contributed by atoms with E-state index >= 15 is 0 Å². The lowest BCUT2D eigenvalue weighted by Gasteiger charge is -2.33. The number of amides is 8. The van der Waals surface area contributed by atoms with Crippen LogP contribution in [0.3, 0.4) is 0 Å². The lowest BCUT2D eigenvalue weighted by molar-refractivity contribution is -0.142. The zero-order valence-electron chi connectivity index (χ0n) is 79.2. The molecule has 34 nitrogen and oxygen atoms in total. The van der Waals surface area contributed by atoms with Gasteiger partial charge in [-0.2, -0.15) is 4.37 Å². The fourth-order valence-corrected chi connectivity index (χ4v) is 19.5. The molecule has 8 N–H and O–H groups in total. The largest absolute Gasteiger partial charge is 0.444 e. The van der Waals surface area contributed by atoms with Crippen molar-refractivity contribution in [1.82, 2.24) is 80.6 Å². The van der Waals surface area contributed by atoms with Crippen LogP contribution < -0.4 is 21.3 Å². The van der Waals surface area contributed by atoms with Crippen molar-refractivity contribution in [3.05, 3.63) is 237 Å². The summed E-state index contributed by atoms with van der Waals surface area (Å²) >= 11 is 2.93. The van der Waals surface area contributed by atoms with Gasteiger partial charge in [0, 0.05) is 98.2 Å². The first kappa shape index (κ1) is 100. The normalized spacial score (nSPS) is 19.7. The van der Waals surface area contributed by atoms with E-state index in [9.17, 15) is 58.8 Å². The summed E-state index contributed by atoms with van der Waals surface area (Å²) in [6.45, 7) is 31.3. The molecule has 4 aliphatic heterocycles. The van der Waals surface area contributed by atoms with Crippen molar-refractivity contribution in [3.63, 3.8) is 0 Å². The summed E-state index contributed by atoms with van der Waals surface area (Å²) < 4.78 is 36.4. The fourth-order valence-electron chi connectivity index (χ4n) is 17.7. The molecule has 4 saturated heterocycles. The predicted molar refractivity (Wildman–Crippen MR) is 505 cm³/mol. The molecule has 720 valence electrons. The number of aliphatic hydroxyl groups excluding tert-OH is 4. The van der Waals surface area contributed by atoms with Gasteiger partial charge in [0.15, 0.2) is 36.5 Å². The van der Waals surface area contributed by atoms with Gasteiger partial charge in [-0.1, -0.05) is 168 Å². The number of aliphatic hydroxyl groups is 4. The predicted octanol–water partition coefficient (Wildman–Crippen LogP) is 13.7. The average molecular weight is 1900 g/mol. The maximum Gasteiger partial charge on any atom is 0.243 e. The number of hydrogen-bond donors (Lipinski definition) is 8. The van der Waals surface area contributed by atoms with Crippen molar-refractivity contribution in [3.8, 4) is 44.4 Å². The standard InChI is InChI=1S/C26H32N4O5.C25H30N4O5.C25H30N4O3S2.C24H28N4O5/c1-15-10-21(35-29-15)23(26(3,4)5)25(33)30-13-19(31)11-20(30)24(32)28-16(2)17-6-8-18(9-7-17)22-12-27-14-34-22;1-14(2)23(21-9-15(3)28-34-21)25(32)29-12-19(30)10-20(29)24(31)27-16(4)17-5-7-18(8-6-17)22-11-26-13-33-22;1-14(2)22(21-9-15(3)28-34-21)25(32)29-12-19(30)10-20(29)24(31)26-11-17-5-7-18(8-6-17)23-16(4)27-13-33-23;1-4-19(21-9-14(2)27-33-21)24(31)28-12-18(29)10-20(28)23(30)26-15(3)16-5-7-17(8-6-16)22-11-25-13-32-22/h6-10,12,14,16,19-20,23,31H,11,13H2,1-5H3,(H,28,32);5-9,11,13-14,16,19-20,23,30H,10,12H2,1-4H3,(H,27,31);5-9,13-14,19-20,22,30H,10-12H2,1-4H3,(H,26,31);5-9,11,13,15,18-20,29H,4,10,12H2,1-3H3,(H,26,30)/t2*16-,19+,20-,23+;19-,20+,22-;15-,18+,19+,20-/m0010/s1. The van der Waals surface area contributed by atoms with Crippen LogP contribution in [0.25, 0.3) is 44.4 Å². The fraction of sp³-hybridized carbons (Fsp3) is 0.440. The van der Waals surface area contributed by atoms with Crippen LogP contribution in [0.2, 0.25) is 0 Å². The van der Waals surface area contributed by atoms with Crippen molar-refractivity contribution in [2.75, 3.05) is 26.2 Å². The number of hydrogen-bond acceptors (Lipinski definition) is 28. The van der Waals surface area contributed by atoms with Crippen molar-refractivity contribution in [2.24, 2.45) is 17.3 Å². The molecule has 8 aromatic heterocycles. The van der Waals surface area contributed by atoms with E-state index in [1.54, 1.807) is 73.8 Å². The summed E-state index contributed by atoms with van der Waals surface area (Å²) in [7, 11) is 0. The monoisotopic (exact) mass is 1900 g/mol. The Morgan fingerprint density at radius 3 is 1.15 bits per heavy atom. The minimum absolute atomic E-state index is 0.0505. The molecular weight excluding hydrogens is 1780 g/mol. The van der Waals surface area contributed by atoms with Crippen LogP contribution in [0.1, 0.15) is 223 Å². The summed E-state index contributed by atoms with van der Waals surface area (Å²) in [4.78, 5) is 131. The second-order valence-electron chi connectivity index (χ2n) is 37.1. The Morgan fingerprint density at radius 1 is 0.449 bits per heavy atom. The number of rotatable bonds is 27. The maximum absolute atomic E-state index is 13.7. The highest BCUT2D eigenvalue weighted by molar-refractivity contribution is 7.13. The van der Waals surface area contributed by atoms with E-state index in [2.05, 4.69) is 61.0 Å². The van der Waals surface area contributed by atoms with Crippen LogP contribution in [0.5, 0.6) is 0 Å². The van der Waals surface area contributed by atoms with Crippen LogP contribution >= 0.6 is 22.9 Å². The molecular formula is C100H120N16O18S2. The quantitative estimate of drug-likeness (QED) is 0.0237. The molecule has 0 bridgehead atoms. The summed E-state index contributed by atoms with van der Waals surface area (Å²) in [5.74, 6) is -0.762. The second-order valence-corrected chi connectivity index (χ2v) is 38.8. The van der Waals surface area contributed by atoms with E-state index in [0.717, 1.165) is 65.6 Å². The number of nitrogens with zero attached hydrogens (tertiary/aromatic N) is 12. The van der Waals surface area contributed by atoms with Crippen LogP contribution in [0.15, 0.2) is 191 Å². The zero-order valence-corrected chi connectivity index (χ0v) is 80.8. The summed E-state index contributed by atoms with van der Waals surface area (Å²) in [6.07, 6.45) is 7.36. The van der Waals surface area contributed by atoms with Crippen molar-refractivity contribution >= 4 is 70.1 Å². The van der Waals surface area contributed by atoms with Gasteiger partial charge in [0.1, 0.15) is 53.3 Å². The Balaban J connectivity index is 0.000000153. The molecule has 8 amide bonds. The van der Waals surface area contributed by atoms with E-state index in [4.69, 9.17) is 26.8 Å². The highest BCUT2D eigenvalue weighted by atomic mass is 32.1. The molecule has 4 aromatic carbocycles. The highest BCUT2D eigenvalue weighted by Crippen LogP contribution is 2.41. The van der Waals surface area contributed by atoms with Gasteiger partial charge in [-0.05, 0) is 124 Å². The molecule has 16 rings (SSSR count). The van der Waals surface area contributed by atoms with E-state index < -0.39 is 71.8 Å². The van der Waals surface area contributed by atoms with Gasteiger partial charge in [-0.15, -0.1) is 11.3 Å². The summed E-state index contributed by atoms with van der Waals surface area (Å²) in [5.41, 5.74) is 12.8. The number of aromatic nitrogens is 8. The number of carbonyl (C=O) groups excluding carboxylic acids is 8. The molecule has 0 spiro atoms. The van der Waals surface area contributed by atoms with Crippen LogP contribution in [-0.4, -0.2) is 202 Å². The van der Waals surface area contributed by atoms with Crippen LogP contribution in [0.4, 0.5) is 0 Å². The van der Waals surface area contributed by atoms with E-state index in [-0.39, 0.29) is 135 Å². The van der Waals surface area contributed by atoms with Gasteiger partial charge in [-0.3, -0.25) is 38.4 Å². The third-order valence-electron chi connectivity index (χ3n) is 24.9. The minimum atomic E-state index is -0.776. The number of carbonyl (C=O) groups is 8. The lowest BCUT2D eigenvalue weighted by Crippen LogP contribution is -2.49. The molecule has 12 heterocycles. The molecule has 0 aliphatic carbocycles. The van der Waals surface area contributed by atoms with Gasteiger partial charge in [0.05, 0.1) is 112 Å². The first-order chi connectivity index (χ1) is 64.9. The third-order valence-corrected chi connectivity index (χ3v) is 26.8. The Bertz CT molecular complexity index is 5990. The number of likely N-dealkylation sites (tertiary alicyclic amines) is 4. The highest BCUT2D eigenvalue weighted by Gasteiger charge is 2.49. The number of nitrogens with one attached hydrogen (secondary N) is 4. The van der Waals surface area contributed by atoms with E-state index in [1.807, 2.05) is 199 Å². The first-order valence-corrected chi connectivity index (χ1v) is 47.4. The van der Waals surface area contributed by atoms with Crippen LogP contribution in [-0.2, 0) is 44.9 Å². The zero-order chi connectivity index (χ0) is 97.7. The molecule has 0 saturated carbocycles. The Labute approximate surface area is 797 Å². The topological polar surface area (TPSA) is 461 Å². The molecule has 4 fully saturated rings. The lowest BCUT2D eigenvalue weighted by atomic mass is 9.78. The Hall–Kier alpha value is -13.0. The van der Waals surface area contributed by atoms with E-state index in [1.165, 1.54) is 45.4 Å². The third kappa shape index (κ3) is 24.4. The molecule has 136 heavy (non-hydrogen) atoms. The van der Waals surface area contributed by atoms with Gasteiger partial charge in [0.25, 0.3) is 0 Å². The number of thiazole rings is 1. The van der Waals surface area contributed by atoms with Gasteiger partial charge in [0.2, 0.25) is 47.3 Å². The molecule has 15 atom stereocenters. The van der Waals surface area contributed by atoms with Gasteiger partial charge in [-0.25, -0.2) is 19.9 Å². The minimum Gasteiger partial charge on any atom is -0.444 e. The molecule has 12 aromatic rings. The maximum atomic E-state index is 13.7. The average Bonchev–Trinajstić information content (AvgIpc) is 1.64. The molecule has 4 aliphatic rings. The van der Waals surface area contributed by atoms with E-state index in [0.29, 0.717) is 64.6 Å². The van der Waals surface area contributed by atoms with Crippen LogP contribution in [0, 0.1) is 51.9 Å². The summed E-state index contributed by atoms with van der Waals surface area (Å²) in [5, 5.41) is 64.9. The Morgan fingerprint density at radius 2 is 0.816 bits per heavy atom. The van der Waals surface area contributed by atoms with Crippen molar-refractivity contribution in [2.45, 2.75) is 240 Å². The first-order valence-electron chi connectivity index (χ1n) is 45.7. The molecule has 36 heteroatoms. The number of β-amino-alcohol motifs (C(OH)–C–C–N with tert-alkyl or cyclic N) is 4. The van der Waals surface area contributed by atoms with Gasteiger partial charge >= 0.3 is 0 Å². The Kier molecular flexibility index (Phi) is 33.0.